The van der Waals surface area contributed by atoms with Crippen LogP contribution < -0.4 is 0 Å². The lowest BCUT2D eigenvalue weighted by Gasteiger charge is -2.39. The molecule has 0 saturated carbocycles. The molecular weight excluding hydrogens is 477 g/mol. The van der Waals surface area contributed by atoms with Crippen LogP contribution in [0.25, 0.3) is 6.08 Å². The van der Waals surface area contributed by atoms with Gasteiger partial charge in [-0.1, -0.05) is 0 Å². The molecule has 1 aromatic rings. The maximum absolute atomic E-state index is 13.8. The van der Waals surface area contributed by atoms with Gasteiger partial charge in [-0.05, 0) is 53.1 Å². The number of piperidine rings is 1. The van der Waals surface area contributed by atoms with Crippen molar-refractivity contribution in [3.8, 4) is 0 Å². The van der Waals surface area contributed by atoms with E-state index in [0.717, 1.165) is 5.56 Å². The van der Waals surface area contributed by atoms with Crippen molar-refractivity contribution >= 4 is 29.2 Å². The zero-order valence-electron chi connectivity index (χ0n) is 17.5. The minimum absolute atomic E-state index is 0.152. The molecule has 12 heteroatoms. The summed E-state index contributed by atoms with van der Waals surface area (Å²) in [4.78, 5) is 27.5. The zero-order chi connectivity index (χ0) is 24.5. The van der Waals surface area contributed by atoms with Gasteiger partial charge >= 0.3 is 12.4 Å². The van der Waals surface area contributed by atoms with Gasteiger partial charge in [-0.25, -0.2) is 4.39 Å². The number of likely N-dealkylation sites (tertiary alicyclic amines) is 2. The molecule has 184 valence electrons. The number of hydrogen-bond donors (Lipinski definition) is 0. The predicted octanol–water partition coefficient (Wildman–Crippen LogP) is 5.22. The Morgan fingerprint density at radius 1 is 0.970 bits per heavy atom. The summed E-state index contributed by atoms with van der Waals surface area (Å²) in [6.07, 6.45) is -10.7. The van der Waals surface area contributed by atoms with Crippen molar-refractivity contribution < 1.29 is 40.3 Å². The first kappa shape index (κ1) is 25.5. The summed E-state index contributed by atoms with van der Waals surface area (Å²) in [5.74, 6) is -1.08. The van der Waals surface area contributed by atoms with E-state index in [-0.39, 0.29) is 24.4 Å². The smallest absolute Gasteiger partial charge is 0.342 e. The lowest BCUT2D eigenvalue weighted by Crippen LogP contribution is -2.53. The van der Waals surface area contributed by atoms with Gasteiger partial charge in [0.15, 0.2) is 0 Å². The standard InChI is InChI=1S/C21H23F7N2O2S/c22-19(20(23,24)25,21(26,27)28)5-3-17(32)30-11-8-18(14-30)6-9-29(10-7-18)16(31)2-1-15-4-12-33-13-15/h1-2,4,12-13H,3,5-11,14H2/b2-1+. The van der Waals surface area contributed by atoms with E-state index < -0.39 is 36.8 Å². The zero-order valence-corrected chi connectivity index (χ0v) is 18.3. The minimum Gasteiger partial charge on any atom is -0.342 e. The van der Waals surface area contributed by atoms with Crippen molar-refractivity contribution in [1.29, 1.82) is 0 Å². The molecule has 33 heavy (non-hydrogen) atoms. The van der Waals surface area contributed by atoms with Crippen LogP contribution in [-0.4, -0.2) is 65.8 Å². The Balaban J connectivity index is 1.52. The van der Waals surface area contributed by atoms with Gasteiger partial charge in [0.25, 0.3) is 5.67 Å². The first-order valence-corrected chi connectivity index (χ1v) is 11.3. The highest BCUT2D eigenvalue weighted by Crippen LogP contribution is 2.49. The van der Waals surface area contributed by atoms with Gasteiger partial charge < -0.3 is 9.80 Å². The first-order chi connectivity index (χ1) is 15.3. The van der Waals surface area contributed by atoms with Gasteiger partial charge in [-0.2, -0.15) is 37.7 Å². The van der Waals surface area contributed by atoms with Gasteiger partial charge in [-0.3, -0.25) is 9.59 Å². The quantitative estimate of drug-likeness (QED) is 0.411. The Hall–Kier alpha value is -2.11. The molecule has 0 aliphatic carbocycles. The third-order valence-electron chi connectivity index (χ3n) is 6.47. The van der Waals surface area contributed by atoms with E-state index in [0.29, 0.717) is 32.4 Å². The molecule has 1 spiro atoms. The van der Waals surface area contributed by atoms with Gasteiger partial charge in [-0.15, -0.1) is 0 Å². The van der Waals surface area contributed by atoms with Crippen LogP contribution >= 0.6 is 11.3 Å². The Bertz CT molecular complexity index is 858. The molecule has 2 aliphatic heterocycles. The maximum Gasteiger partial charge on any atom is 0.431 e. The van der Waals surface area contributed by atoms with Crippen LogP contribution in [0.1, 0.15) is 37.7 Å². The second-order valence-electron chi connectivity index (χ2n) is 8.58. The highest BCUT2D eigenvalue weighted by Gasteiger charge is 2.72. The van der Waals surface area contributed by atoms with Crippen LogP contribution in [0.4, 0.5) is 30.7 Å². The Labute approximate surface area is 190 Å². The summed E-state index contributed by atoms with van der Waals surface area (Å²) in [6.45, 7) is 1.23. The molecule has 0 N–H and O–H groups in total. The van der Waals surface area contributed by atoms with Crippen LogP contribution in [-0.2, 0) is 9.59 Å². The van der Waals surface area contributed by atoms with E-state index in [1.165, 1.54) is 22.3 Å². The SMILES string of the molecule is O=C(/C=C/c1ccsc1)N1CCC2(CC1)CCN(C(=O)CCC(F)(C(F)(F)F)C(F)(F)F)C2. The van der Waals surface area contributed by atoms with Crippen molar-refractivity contribution in [2.45, 2.75) is 50.1 Å². The number of nitrogens with zero attached hydrogens (tertiary/aromatic N) is 2. The van der Waals surface area contributed by atoms with Crippen molar-refractivity contribution in [3.63, 3.8) is 0 Å². The van der Waals surface area contributed by atoms with Gasteiger partial charge in [0, 0.05) is 45.1 Å². The summed E-state index contributed by atoms with van der Waals surface area (Å²) >= 11 is 1.51. The van der Waals surface area contributed by atoms with E-state index >= 15 is 0 Å². The average Bonchev–Trinajstić information content (AvgIpc) is 3.39. The van der Waals surface area contributed by atoms with E-state index in [1.807, 2.05) is 16.8 Å². The monoisotopic (exact) mass is 500 g/mol. The number of halogens is 7. The third kappa shape index (κ3) is 5.52. The molecule has 4 nitrogen and oxygen atoms in total. The number of rotatable bonds is 5. The van der Waals surface area contributed by atoms with Crippen LogP contribution in [0.5, 0.6) is 0 Å². The maximum atomic E-state index is 13.8. The van der Waals surface area contributed by atoms with Gasteiger partial charge in [0.1, 0.15) is 0 Å². The number of carbonyl (C=O) groups excluding carboxylic acids is 2. The highest BCUT2D eigenvalue weighted by molar-refractivity contribution is 7.08. The van der Waals surface area contributed by atoms with Gasteiger partial charge in [0.2, 0.25) is 11.8 Å². The van der Waals surface area contributed by atoms with Crippen molar-refractivity contribution in [3.05, 3.63) is 28.5 Å². The van der Waals surface area contributed by atoms with Crippen LogP contribution in [0, 0.1) is 5.41 Å². The van der Waals surface area contributed by atoms with E-state index in [2.05, 4.69) is 0 Å². The summed E-state index contributed by atoms with van der Waals surface area (Å²) in [6, 6.07) is 1.88. The fraction of sp³-hybridized carbons (Fsp3) is 0.619. The summed E-state index contributed by atoms with van der Waals surface area (Å²) < 4.78 is 90.0. The first-order valence-electron chi connectivity index (χ1n) is 10.4. The normalized spacial score (nSPS) is 19.6. The average molecular weight is 500 g/mol. The second-order valence-corrected chi connectivity index (χ2v) is 9.36. The lowest BCUT2D eigenvalue weighted by atomic mass is 9.77. The molecule has 0 bridgehead atoms. The third-order valence-corrected chi connectivity index (χ3v) is 7.17. The molecule has 0 radical (unpaired) electrons. The molecule has 2 amide bonds. The van der Waals surface area contributed by atoms with E-state index in [4.69, 9.17) is 0 Å². The van der Waals surface area contributed by atoms with Crippen LogP contribution in [0.15, 0.2) is 22.9 Å². The summed E-state index contributed by atoms with van der Waals surface area (Å²) in [7, 11) is 0. The van der Waals surface area contributed by atoms with Crippen molar-refractivity contribution in [2.24, 2.45) is 5.41 Å². The summed E-state index contributed by atoms with van der Waals surface area (Å²) in [5, 5.41) is 3.79. The number of amides is 2. The molecule has 2 aliphatic rings. The Kier molecular flexibility index (Phi) is 7.16. The molecular formula is C21H23F7N2O2S. The molecule has 0 aromatic carbocycles. The van der Waals surface area contributed by atoms with E-state index in [1.54, 1.807) is 11.0 Å². The topological polar surface area (TPSA) is 40.6 Å². The fourth-order valence-corrected chi connectivity index (χ4v) is 4.91. The molecule has 2 saturated heterocycles. The number of thiophene rings is 1. The minimum atomic E-state index is -6.16. The molecule has 3 rings (SSSR count). The van der Waals surface area contributed by atoms with E-state index in [9.17, 15) is 40.3 Å². The fourth-order valence-electron chi connectivity index (χ4n) is 4.28. The number of alkyl halides is 7. The lowest BCUT2D eigenvalue weighted by molar-refractivity contribution is -0.343. The second kappa shape index (κ2) is 9.27. The van der Waals surface area contributed by atoms with Crippen molar-refractivity contribution in [2.75, 3.05) is 26.2 Å². The molecule has 3 heterocycles. The Morgan fingerprint density at radius 3 is 2.06 bits per heavy atom. The molecule has 2 fully saturated rings. The molecule has 0 atom stereocenters. The number of hydrogen-bond acceptors (Lipinski definition) is 3. The predicted molar refractivity (Wildman–Crippen MR) is 108 cm³/mol. The van der Waals surface area contributed by atoms with Crippen molar-refractivity contribution in [1.82, 2.24) is 9.80 Å². The highest BCUT2D eigenvalue weighted by atomic mass is 32.1. The van der Waals surface area contributed by atoms with Gasteiger partial charge in [0.05, 0.1) is 0 Å². The van der Waals surface area contributed by atoms with Crippen LogP contribution in [0.2, 0.25) is 0 Å². The summed E-state index contributed by atoms with van der Waals surface area (Å²) in [5.41, 5.74) is -4.85. The molecule has 1 aromatic heterocycles. The number of carbonyl (C=O) groups is 2. The Morgan fingerprint density at radius 2 is 1.55 bits per heavy atom. The molecule has 0 unspecified atom stereocenters. The largest absolute Gasteiger partial charge is 0.431 e. The van der Waals surface area contributed by atoms with Crippen LogP contribution in [0.3, 0.4) is 0 Å².